The number of thiophene rings is 1. The second-order valence-electron chi connectivity index (χ2n) is 4.20. The van der Waals surface area contributed by atoms with Crippen LogP contribution in [0.15, 0.2) is 12.1 Å². The van der Waals surface area contributed by atoms with Gasteiger partial charge in [0.05, 0.1) is 16.4 Å². The minimum Gasteiger partial charge on any atom is -0.293 e. The molecule has 5 heteroatoms. The minimum atomic E-state index is -2.87. The van der Waals surface area contributed by atoms with E-state index < -0.39 is 9.84 Å². The Hall–Kier alpha value is -0.680. The third kappa shape index (κ3) is 2.52. The van der Waals surface area contributed by atoms with Crippen molar-refractivity contribution in [3.8, 4) is 0 Å². The summed E-state index contributed by atoms with van der Waals surface area (Å²) in [5.41, 5.74) is 0. The van der Waals surface area contributed by atoms with Gasteiger partial charge in [-0.1, -0.05) is 0 Å². The average molecular weight is 258 g/mol. The largest absolute Gasteiger partial charge is 0.293 e. The summed E-state index contributed by atoms with van der Waals surface area (Å²) in [7, 11) is -2.87. The second kappa shape index (κ2) is 4.30. The van der Waals surface area contributed by atoms with Crippen LogP contribution in [-0.2, 0) is 9.84 Å². The number of Topliss-reactive ketones (excluding diaryl/α,β-unsaturated/α-hetero) is 1. The lowest BCUT2D eigenvalue weighted by molar-refractivity contribution is 0.0916. The normalized spacial score (nSPS) is 20.8. The Morgan fingerprint density at radius 3 is 2.44 bits per heavy atom. The van der Waals surface area contributed by atoms with Gasteiger partial charge in [-0.2, -0.15) is 0 Å². The van der Waals surface area contributed by atoms with Gasteiger partial charge in [0.25, 0.3) is 0 Å². The summed E-state index contributed by atoms with van der Waals surface area (Å²) in [4.78, 5) is 13.9. The molecule has 1 aromatic rings. The molecule has 0 atom stereocenters. The van der Waals surface area contributed by atoms with Gasteiger partial charge in [0.1, 0.15) is 9.84 Å². The Bertz CT molecular complexity index is 485. The van der Waals surface area contributed by atoms with Gasteiger partial charge in [-0.3, -0.25) is 4.79 Å². The average Bonchev–Trinajstić information content (AvgIpc) is 2.64. The summed E-state index contributed by atoms with van der Waals surface area (Å²) in [6, 6.07) is 3.77. The van der Waals surface area contributed by atoms with Crippen LogP contribution in [-0.4, -0.2) is 25.7 Å². The fourth-order valence-electron chi connectivity index (χ4n) is 1.92. The lowest BCUT2D eigenvalue weighted by atomic mass is 9.97. The van der Waals surface area contributed by atoms with Crippen molar-refractivity contribution >= 4 is 27.0 Å². The van der Waals surface area contributed by atoms with E-state index in [-0.39, 0.29) is 23.2 Å². The maximum Gasteiger partial charge on any atom is 0.175 e. The lowest BCUT2D eigenvalue weighted by Crippen LogP contribution is -2.28. The highest BCUT2D eigenvalue weighted by molar-refractivity contribution is 7.91. The quantitative estimate of drug-likeness (QED) is 0.763. The second-order valence-corrected chi connectivity index (χ2v) is 7.79. The monoisotopic (exact) mass is 258 g/mol. The standard InChI is InChI=1S/C11H14O3S2/c1-8-2-3-10(15-8)11(12)9-4-6-16(13,14)7-5-9/h2-3,9H,4-7H2,1H3. The highest BCUT2D eigenvalue weighted by atomic mass is 32.2. The Morgan fingerprint density at radius 2 is 1.94 bits per heavy atom. The maximum absolute atomic E-state index is 12.0. The molecule has 3 nitrogen and oxygen atoms in total. The van der Waals surface area contributed by atoms with Gasteiger partial charge in [-0.05, 0) is 31.9 Å². The highest BCUT2D eigenvalue weighted by Gasteiger charge is 2.29. The van der Waals surface area contributed by atoms with Crippen molar-refractivity contribution < 1.29 is 13.2 Å². The van der Waals surface area contributed by atoms with Gasteiger partial charge in [-0.25, -0.2) is 8.42 Å². The van der Waals surface area contributed by atoms with E-state index in [1.807, 2.05) is 19.1 Å². The van der Waals surface area contributed by atoms with Gasteiger partial charge in [0.2, 0.25) is 0 Å². The molecule has 0 amide bonds. The first-order chi connectivity index (χ1) is 7.48. The minimum absolute atomic E-state index is 0.0958. The zero-order chi connectivity index (χ0) is 11.8. The number of hydrogen-bond donors (Lipinski definition) is 0. The lowest BCUT2D eigenvalue weighted by Gasteiger charge is -2.19. The number of carbonyl (C=O) groups is 1. The molecular weight excluding hydrogens is 244 g/mol. The van der Waals surface area contributed by atoms with Gasteiger partial charge in [0, 0.05) is 10.8 Å². The van der Waals surface area contributed by atoms with E-state index in [2.05, 4.69) is 0 Å². The smallest absolute Gasteiger partial charge is 0.175 e. The molecule has 1 saturated heterocycles. The number of sulfone groups is 1. The third-order valence-electron chi connectivity index (χ3n) is 2.91. The van der Waals surface area contributed by atoms with E-state index in [0.717, 1.165) is 9.75 Å². The number of hydrogen-bond acceptors (Lipinski definition) is 4. The maximum atomic E-state index is 12.0. The Labute approximate surface area is 99.4 Å². The number of carbonyl (C=O) groups excluding carboxylic acids is 1. The molecule has 1 aliphatic heterocycles. The first-order valence-electron chi connectivity index (χ1n) is 5.29. The molecule has 0 aliphatic carbocycles. The first kappa shape index (κ1) is 11.8. The van der Waals surface area contributed by atoms with Gasteiger partial charge >= 0.3 is 0 Å². The fourth-order valence-corrected chi connectivity index (χ4v) is 4.30. The molecule has 0 bridgehead atoms. The van der Waals surface area contributed by atoms with Crippen LogP contribution in [0.1, 0.15) is 27.4 Å². The van der Waals surface area contributed by atoms with Crippen LogP contribution in [0.25, 0.3) is 0 Å². The van der Waals surface area contributed by atoms with E-state index in [9.17, 15) is 13.2 Å². The molecule has 0 radical (unpaired) electrons. The van der Waals surface area contributed by atoms with Gasteiger partial charge in [-0.15, -0.1) is 11.3 Å². The molecular formula is C11H14O3S2. The van der Waals surface area contributed by atoms with Crippen LogP contribution in [0.4, 0.5) is 0 Å². The first-order valence-corrected chi connectivity index (χ1v) is 7.93. The van der Waals surface area contributed by atoms with Gasteiger partial charge in [0.15, 0.2) is 5.78 Å². The SMILES string of the molecule is Cc1ccc(C(=O)C2CCS(=O)(=O)CC2)s1. The van der Waals surface area contributed by atoms with Crippen molar-refractivity contribution in [2.24, 2.45) is 5.92 Å². The van der Waals surface area contributed by atoms with Crippen LogP contribution in [0, 0.1) is 12.8 Å². The van der Waals surface area contributed by atoms with Crippen molar-refractivity contribution in [1.82, 2.24) is 0 Å². The van der Waals surface area contributed by atoms with Crippen molar-refractivity contribution in [2.45, 2.75) is 19.8 Å². The van der Waals surface area contributed by atoms with Crippen molar-refractivity contribution in [2.75, 3.05) is 11.5 Å². The van der Waals surface area contributed by atoms with Crippen LogP contribution in [0.3, 0.4) is 0 Å². The summed E-state index contributed by atoms with van der Waals surface area (Å²) in [5.74, 6) is 0.344. The molecule has 2 heterocycles. The summed E-state index contributed by atoms with van der Waals surface area (Å²) < 4.78 is 22.5. The van der Waals surface area contributed by atoms with Crippen LogP contribution in [0.2, 0.25) is 0 Å². The predicted octanol–water partition coefficient (Wildman–Crippen LogP) is 2.06. The Kier molecular flexibility index (Phi) is 3.17. The molecule has 1 fully saturated rings. The van der Waals surface area contributed by atoms with E-state index >= 15 is 0 Å². The third-order valence-corrected chi connectivity index (χ3v) is 5.64. The van der Waals surface area contributed by atoms with E-state index in [1.54, 1.807) is 0 Å². The molecule has 0 saturated carbocycles. The van der Waals surface area contributed by atoms with Crippen molar-refractivity contribution in [1.29, 1.82) is 0 Å². The van der Waals surface area contributed by atoms with Gasteiger partial charge < -0.3 is 0 Å². The van der Waals surface area contributed by atoms with Crippen LogP contribution >= 0.6 is 11.3 Å². The van der Waals surface area contributed by atoms with E-state index in [4.69, 9.17) is 0 Å². The molecule has 0 aromatic carbocycles. The molecule has 0 unspecified atom stereocenters. The molecule has 0 spiro atoms. The zero-order valence-corrected chi connectivity index (χ0v) is 10.7. The molecule has 16 heavy (non-hydrogen) atoms. The Balaban J connectivity index is 2.07. The van der Waals surface area contributed by atoms with E-state index in [0.29, 0.717) is 12.8 Å². The fraction of sp³-hybridized carbons (Fsp3) is 0.545. The van der Waals surface area contributed by atoms with Crippen LogP contribution < -0.4 is 0 Å². The number of aryl methyl sites for hydroxylation is 1. The molecule has 2 rings (SSSR count). The van der Waals surface area contributed by atoms with Crippen molar-refractivity contribution in [3.05, 3.63) is 21.9 Å². The molecule has 1 aliphatic rings. The van der Waals surface area contributed by atoms with Crippen LogP contribution in [0.5, 0.6) is 0 Å². The van der Waals surface area contributed by atoms with Crippen molar-refractivity contribution in [3.63, 3.8) is 0 Å². The predicted molar refractivity (Wildman–Crippen MR) is 64.8 cm³/mol. The summed E-state index contributed by atoms with van der Waals surface area (Å²) in [6.07, 6.45) is 0.968. The zero-order valence-electron chi connectivity index (χ0n) is 9.10. The molecule has 0 N–H and O–H groups in total. The number of ketones is 1. The summed E-state index contributed by atoms with van der Waals surface area (Å²) >= 11 is 1.49. The highest BCUT2D eigenvalue weighted by Crippen LogP contribution is 2.26. The number of rotatable bonds is 2. The molecule has 88 valence electrons. The summed E-state index contributed by atoms with van der Waals surface area (Å²) in [6.45, 7) is 1.97. The summed E-state index contributed by atoms with van der Waals surface area (Å²) in [5, 5.41) is 0. The topological polar surface area (TPSA) is 51.2 Å². The van der Waals surface area contributed by atoms with E-state index in [1.165, 1.54) is 11.3 Å². The molecule has 1 aromatic heterocycles. The Morgan fingerprint density at radius 1 is 1.31 bits per heavy atom.